The van der Waals surface area contributed by atoms with Crippen LogP contribution in [0.2, 0.25) is 0 Å². The fraction of sp³-hybridized carbons (Fsp3) is 0.308. The number of ether oxygens (including phenoxy) is 1. The van der Waals surface area contributed by atoms with E-state index < -0.39 is 0 Å². The zero-order chi connectivity index (χ0) is 23.5. The first-order chi connectivity index (χ1) is 14.3. The normalized spacial score (nSPS) is 13.6. The van der Waals surface area contributed by atoms with Crippen molar-refractivity contribution in [2.45, 2.75) is 47.6 Å². The van der Waals surface area contributed by atoms with Crippen LogP contribution in [0.4, 0.5) is 0 Å². The Morgan fingerprint density at radius 2 is 1.77 bits per heavy atom. The zero-order valence-corrected chi connectivity index (χ0v) is 19.7. The van der Waals surface area contributed by atoms with Gasteiger partial charge >= 0.3 is 0 Å². The van der Waals surface area contributed by atoms with Gasteiger partial charge in [0.2, 0.25) is 0 Å². The summed E-state index contributed by atoms with van der Waals surface area (Å²) in [6.07, 6.45) is 14.6. The molecule has 0 aliphatic heterocycles. The van der Waals surface area contributed by atoms with Crippen molar-refractivity contribution in [3.63, 3.8) is 0 Å². The van der Waals surface area contributed by atoms with Gasteiger partial charge in [-0.2, -0.15) is 0 Å². The Kier molecular flexibility index (Phi) is 17.4. The number of likely N-dealkylation sites (N-methyl/N-ethyl adjacent to an activating group) is 1. The molecule has 0 fully saturated rings. The van der Waals surface area contributed by atoms with E-state index in [1.165, 1.54) is 11.1 Å². The highest BCUT2D eigenvalue weighted by Crippen LogP contribution is 2.22. The van der Waals surface area contributed by atoms with Crippen LogP contribution in [-0.2, 0) is 9.53 Å². The number of carbonyl (C=O) groups is 1. The molecular weight excluding hydrogens is 372 g/mol. The van der Waals surface area contributed by atoms with Gasteiger partial charge in [0.15, 0.2) is 0 Å². The predicted molar refractivity (Wildman–Crippen MR) is 132 cm³/mol. The molecule has 0 spiro atoms. The third-order valence-corrected chi connectivity index (χ3v) is 4.14. The maximum atomic E-state index is 10.0. The maximum Gasteiger partial charge on any atom is 0.293 e. The molecule has 0 aliphatic carbocycles. The third-order valence-electron chi connectivity index (χ3n) is 4.14. The Morgan fingerprint density at radius 1 is 1.13 bits per heavy atom. The maximum absolute atomic E-state index is 10.0. The molecule has 1 N–H and O–H groups in total. The highest BCUT2D eigenvalue weighted by Gasteiger charge is 2.08. The molecule has 0 amide bonds. The summed E-state index contributed by atoms with van der Waals surface area (Å²) in [5.74, 6) is 0. The molecule has 4 nitrogen and oxygen atoms in total. The van der Waals surface area contributed by atoms with Gasteiger partial charge in [-0.3, -0.25) is 9.79 Å². The summed E-state index contributed by atoms with van der Waals surface area (Å²) in [7, 11) is 1.92. The van der Waals surface area contributed by atoms with Crippen LogP contribution < -0.4 is 5.32 Å². The second-order valence-electron chi connectivity index (χ2n) is 6.39. The molecule has 0 aromatic carbocycles. The number of hydrogen-bond acceptors (Lipinski definition) is 4. The number of nitrogens with one attached hydrogen (secondary N) is 1. The van der Waals surface area contributed by atoms with Crippen LogP contribution in [-0.4, -0.2) is 26.3 Å². The number of rotatable bonds is 11. The fourth-order valence-corrected chi connectivity index (χ4v) is 2.60. The Hall–Kier alpha value is -3.14. The molecule has 1 atom stereocenters. The molecule has 0 saturated carbocycles. The van der Waals surface area contributed by atoms with Gasteiger partial charge in [0.05, 0.1) is 0 Å². The van der Waals surface area contributed by atoms with Crippen LogP contribution in [0, 0.1) is 0 Å². The van der Waals surface area contributed by atoms with Crippen molar-refractivity contribution in [2.75, 3.05) is 7.05 Å². The molecule has 0 aromatic heterocycles. The smallest absolute Gasteiger partial charge is 0.293 e. The van der Waals surface area contributed by atoms with Gasteiger partial charge < -0.3 is 10.1 Å². The van der Waals surface area contributed by atoms with Crippen molar-refractivity contribution in [3.05, 3.63) is 95.5 Å². The molecule has 0 rings (SSSR count). The Labute approximate surface area is 183 Å². The second-order valence-corrected chi connectivity index (χ2v) is 6.39. The summed E-state index contributed by atoms with van der Waals surface area (Å²) in [4.78, 5) is 13.8. The highest BCUT2D eigenvalue weighted by atomic mass is 16.5. The number of hydrogen-bond donors (Lipinski definition) is 1. The molecule has 4 heteroatoms. The first kappa shape index (κ1) is 29.1. The lowest BCUT2D eigenvalue weighted by molar-refractivity contribution is -0.131. The number of carbonyl (C=O) groups excluding carboxylic acids is 1. The summed E-state index contributed by atoms with van der Waals surface area (Å²) >= 11 is 0. The predicted octanol–water partition coefficient (Wildman–Crippen LogP) is 6.40. The molecule has 0 unspecified atom stereocenters. The van der Waals surface area contributed by atoms with Crippen LogP contribution in [0.5, 0.6) is 0 Å². The van der Waals surface area contributed by atoms with E-state index in [4.69, 9.17) is 4.74 Å². The minimum absolute atomic E-state index is 0.211. The van der Waals surface area contributed by atoms with Gasteiger partial charge in [-0.05, 0) is 76.6 Å². The van der Waals surface area contributed by atoms with Gasteiger partial charge in [-0.25, -0.2) is 0 Å². The zero-order valence-electron chi connectivity index (χ0n) is 19.7. The topological polar surface area (TPSA) is 50.7 Å². The van der Waals surface area contributed by atoms with Crippen molar-refractivity contribution < 1.29 is 9.53 Å². The Balaban J connectivity index is 0. The average molecular weight is 411 g/mol. The fourth-order valence-electron chi connectivity index (χ4n) is 2.60. The minimum atomic E-state index is -0.211. The van der Waals surface area contributed by atoms with Crippen LogP contribution in [0.15, 0.2) is 100 Å². The monoisotopic (exact) mass is 410 g/mol. The van der Waals surface area contributed by atoms with Crippen LogP contribution in [0.1, 0.15) is 41.5 Å². The van der Waals surface area contributed by atoms with E-state index in [0.29, 0.717) is 6.47 Å². The average Bonchev–Trinajstić information content (AvgIpc) is 2.72. The van der Waals surface area contributed by atoms with E-state index in [9.17, 15) is 4.79 Å². The molecule has 0 saturated heterocycles. The van der Waals surface area contributed by atoms with Gasteiger partial charge in [0, 0.05) is 18.9 Å². The summed E-state index contributed by atoms with van der Waals surface area (Å²) in [5, 5.41) is 3.26. The van der Waals surface area contributed by atoms with Gasteiger partial charge in [-0.15, -0.1) is 0 Å². The van der Waals surface area contributed by atoms with Gasteiger partial charge in [0.1, 0.15) is 6.10 Å². The molecule has 0 aliphatic rings. The second kappa shape index (κ2) is 17.9. The van der Waals surface area contributed by atoms with E-state index in [2.05, 4.69) is 57.0 Å². The van der Waals surface area contributed by atoms with E-state index in [-0.39, 0.29) is 6.10 Å². The lowest BCUT2D eigenvalue weighted by Crippen LogP contribution is -2.11. The lowest BCUT2D eigenvalue weighted by Gasteiger charge is -2.15. The molecule has 0 bridgehead atoms. The molecule has 30 heavy (non-hydrogen) atoms. The highest BCUT2D eigenvalue weighted by molar-refractivity contribution is 5.51. The van der Waals surface area contributed by atoms with Crippen molar-refractivity contribution in [2.24, 2.45) is 4.99 Å². The Bertz CT molecular complexity index is 756. The van der Waals surface area contributed by atoms with Gasteiger partial charge in [-0.1, -0.05) is 55.2 Å². The number of aliphatic imine (C=N–C) groups is 1. The van der Waals surface area contributed by atoms with Crippen molar-refractivity contribution >= 4 is 13.2 Å². The lowest BCUT2D eigenvalue weighted by atomic mass is 9.98. The first-order valence-corrected chi connectivity index (χ1v) is 9.81. The van der Waals surface area contributed by atoms with Crippen molar-refractivity contribution in [1.29, 1.82) is 0 Å². The standard InChI is InChI=1S/C16H24N2.C10H14O2/c1-8-14(9-2)13(5)16(18-7)15(12(3)4)10-11-17-6;1-4-6-10(7-5-2)9(3)12-8-11/h8-11,18H,1,6H2,2-5,7H3;4-9H,1H2,2-3H3/b11-10-,14-9+,16-13-;7-5-,10-6+/t;9-/m.1/s1. The van der Waals surface area contributed by atoms with Crippen molar-refractivity contribution in [3.8, 4) is 0 Å². The van der Waals surface area contributed by atoms with Crippen LogP contribution in [0.25, 0.3) is 0 Å². The SMILES string of the molecule is C=C/C=C(\C=C/C)[C@@H](C)OC=O.C=CC(=C\C)/C(C)=C(\NC)C(/C=C\N=C)=C(C)C. The van der Waals surface area contributed by atoms with E-state index >= 15 is 0 Å². The van der Waals surface area contributed by atoms with Crippen LogP contribution in [0.3, 0.4) is 0 Å². The summed E-state index contributed by atoms with van der Waals surface area (Å²) in [5.41, 5.74) is 6.65. The van der Waals surface area contributed by atoms with Crippen molar-refractivity contribution in [1.82, 2.24) is 5.32 Å². The molecular formula is C26H38N2O2. The number of allylic oxidation sites excluding steroid dienone is 9. The third kappa shape index (κ3) is 11.0. The molecule has 0 heterocycles. The summed E-state index contributed by atoms with van der Waals surface area (Å²) in [6, 6.07) is 0. The largest absolute Gasteiger partial charge is 0.460 e. The van der Waals surface area contributed by atoms with E-state index in [0.717, 1.165) is 22.4 Å². The van der Waals surface area contributed by atoms with Crippen LogP contribution >= 0.6 is 0 Å². The number of nitrogens with zero attached hydrogens (tertiary/aromatic N) is 1. The Morgan fingerprint density at radius 3 is 2.13 bits per heavy atom. The first-order valence-electron chi connectivity index (χ1n) is 9.81. The van der Waals surface area contributed by atoms with E-state index in [1.807, 2.05) is 58.2 Å². The summed E-state index contributed by atoms with van der Waals surface area (Å²) < 4.78 is 4.76. The molecule has 0 radical (unpaired) electrons. The summed E-state index contributed by atoms with van der Waals surface area (Å²) in [6.45, 7) is 23.3. The molecule has 0 aromatic rings. The van der Waals surface area contributed by atoms with Gasteiger partial charge in [0.25, 0.3) is 6.47 Å². The quantitative estimate of drug-likeness (QED) is 0.244. The molecule has 164 valence electrons. The minimum Gasteiger partial charge on any atom is -0.460 e. The van der Waals surface area contributed by atoms with E-state index in [1.54, 1.807) is 12.3 Å².